The van der Waals surface area contributed by atoms with Crippen LogP contribution >= 0.6 is 11.5 Å². The molecule has 2 N–H and O–H groups in total. The van der Waals surface area contributed by atoms with E-state index in [0.29, 0.717) is 5.92 Å². The summed E-state index contributed by atoms with van der Waals surface area (Å²) in [6, 6.07) is 2.16. The highest BCUT2D eigenvalue weighted by atomic mass is 32.1. The smallest absolute Gasteiger partial charge is 0.180 e. The van der Waals surface area contributed by atoms with E-state index < -0.39 is 0 Å². The van der Waals surface area contributed by atoms with Crippen molar-refractivity contribution in [1.29, 1.82) is 0 Å². The van der Waals surface area contributed by atoms with Crippen LogP contribution in [-0.2, 0) is 6.54 Å². The van der Waals surface area contributed by atoms with E-state index in [-0.39, 0.29) is 0 Å². The molecule has 0 aromatic carbocycles. The van der Waals surface area contributed by atoms with Crippen molar-refractivity contribution in [3.8, 4) is 11.3 Å². The van der Waals surface area contributed by atoms with E-state index in [1.165, 1.54) is 43.8 Å². The van der Waals surface area contributed by atoms with Crippen molar-refractivity contribution in [3.63, 3.8) is 0 Å². The second kappa shape index (κ2) is 7.72. The number of fused-ring (bicyclic) bond motifs is 1. The first-order chi connectivity index (χ1) is 15.2. The fraction of sp³-hybridized carbons (Fsp3) is 0.455. The molecular formula is C22H26N8S. The number of likely N-dealkylation sites (tertiary alicyclic amines) is 1. The number of hydrogen-bond acceptors (Lipinski definition) is 7. The zero-order valence-corrected chi connectivity index (χ0v) is 18.4. The zero-order valence-electron chi connectivity index (χ0n) is 17.6. The third-order valence-corrected chi connectivity index (χ3v) is 6.97. The maximum absolute atomic E-state index is 4.94. The summed E-state index contributed by atoms with van der Waals surface area (Å²) in [4.78, 5) is 12.1. The summed E-state index contributed by atoms with van der Waals surface area (Å²) in [7, 11) is 0. The molecule has 6 rings (SSSR count). The minimum Gasteiger partial charge on any atom is -0.328 e. The number of H-pyrrole nitrogens is 1. The molecule has 1 saturated carbocycles. The Morgan fingerprint density at radius 2 is 2.19 bits per heavy atom. The van der Waals surface area contributed by atoms with Gasteiger partial charge in [0.1, 0.15) is 5.00 Å². The van der Waals surface area contributed by atoms with Gasteiger partial charge in [-0.1, -0.05) is 6.92 Å². The highest BCUT2D eigenvalue weighted by molar-refractivity contribution is 7.10. The lowest BCUT2D eigenvalue weighted by molar-refractivity contribution is 0.175. The van der Waals surface area contributed by atoms with Gasteiger partial charge in [-0.05, 0) is 55.7 Å². The SMILES string of the molecule is CC1CCCN(Cc2cc(Nc3nc(C4CC4)cn4c(-c5cn[nH]c5)cnc34)sn2)C1. The number of anilines is 2. The molecule has 160 valence electrons. The molecule has 1 aliphatic carbocycles. The second-order valence-corrected chi connectivity index (χ2v) is 9.71. The quantitative estimate of drug-likeness (QED) is 0.467. The van der Waals surface area contributed by atoms with Crippen molar-refractivity contribution in [2.75, 3.05) is 18.4 Å². The van der Waals surface area contributed by atoms with E-state index >= 15 is 0 Å². The summed E-state index contributed by atoms with van der Waals surface area (Å²) < 4.78 is 6.83. The number of rotatable bonds is 6. The second-order valence-electron chi connectivity index (χ2n) is 8.90. The van der Waals surface area contributed by atoms with Crippen LogP contribution in [0.15, 0.2) is 30.9 Å². The van der Waals surface area contributed by atoms with Gasteiger partial charge in [-0.15, -0.1) is 0 Å². The van der Waals surface area contributed by atoms with Crippen molar-refractivity contribution < 1.29 is 0 Å². The van der Waals surface area contributed by atoms with Gasteiger partial charge in [0, 0.05) is 37.0 Å². The third kappa shape index (κ3) is 3.83. The molecule has 9 heteroatoms. The molecule has 0 radical (unpaired) electrons. The molecule has 2 fully saturated rings. The summed E-state index contributed by atoms with van der Waals surface area (Å²) in [5, 5.41) is 11.5. The Morgan fingerprint density at radius 1 is 1.26 bits per heavy atom. The predicted octanol–water partition coefficient (Wildman–Crippen LogP) is 4.43. The van der Waals surface area contributed by atoms with Gasteiger partial charge in [0.05, 0.1) is 29.5 Å². The van der Waals surface area contributed by atoms with Crippen LogP contribution in [0.5, 0.6) is 0 Å². The van der Waals surface area contributed by atoms with Crippen molar-refractivity contribution in [1.82, 2.24) is 33.8 Å². The van der Waals surface area contributed by atoms with Gasteiger partial charge in [0.25, 0.3) is 0 Å². The van der Waals surface area contributed by atoms with Crippen molar-refractivity contribution in [2.45, 2.75) is 45.1 Å². The van der Waals surface area contributed by atoms with E-state index in [9.17, 15) is 0 Å². The summed E-state index contributed by atoms with van der Waals surface area (Å²) in [6.45, 7) is 5.59. The maximum Gasteiger partial charge on any atom is 0.180 e. The Bertz CT molecular complexity index is 1190. The number of nitrogens with zero attached hydrogens (tertiary/aromatic N) is 6. The molecule has 0 amide bonds. The molecule has 4 aromatic heterocycles. The van der Waals surface area contributed by atoms with Crippen LogP contribution in [0.4, 0.5) is 10.8 Å². The van der Waals surface area contributed by atoms with Gasteiger partial charge in [-0.3, -0.25) is 14.4 Å². The van der Waals surface area contributed by atoms with Gasteiger partial charge in [-0.2, -0.15) is 9.47 Å². The lowest BCUT2D eigenvalue weighted by Gasteiger charge is -2.30. The monoisotopic (exact) mass is 434 g/mol. The Labute approximate surface area is 184 Å². The first kappa shape index (κ1) is 18.9. The molecule has 4 aromatic rings. The standard InChI is InChI=1S/C22H26N8S/c1-14-3-2-6-29(11-14)12-17-7-20(31-28-17)27-21-22-23-10-19(16-8-24-25-9-16)30(22)13-18(26-21)15-4-5-15/h7-10,13-15H,2-6,11-12H2,1H3,(H,24,25)(H,26,27). The van der Waals surface area contributed by atoms with Crippen LogP contribution in [0.25, 0.3) is 16.9 Å². The largest absolute Gasteiger partial charge is 0.328 e. The highest BCUT2D eigenvalue weighted by Gasteiger charge is 2.27. The van der Waals surface area contributed by atoms with Crippen LogP contribution in [-0.4, -0.2) is 46.9 Å². The van der Waals surface area contributed by atoms with Gasteiger partial charge < -0.3 is 5.32 Å². The number of hydrogen-bond donors (Lipinski definition) is 2. The summed E-state index contributed by atoms with van der Waals surface area (Å²) in [6.07, 6.45) is 12.8. The first-order valence-electron chi connectivity index (χ1n) is 11.0. The number of imidazole rings is 1. The van der Waals surface area contributed by atoms with E-state index in [4.69, 9.17) is 9.36 Å². The highest BCUT2D eigenvalue weighted by Crippen LogP contribution is 2.40. The lowest BCUT2D eigenvalue weighted by atomic mass is 10.0. The van der Waals surface area contributed by atoms with Crippen LogP contribution < -0.4 is 5.32 Å². The van der Waals surface area contributed by atoms with Crippen LogP contribution in [0.2, 0.25) is 0 Å². The van der Waals surface area contributed by atoms with E-state index in [1.54, 1.807) is 0 Å². The Hall–Kier alpha value is -2.78. The molecule has 5 heterocycles. The van der Waals surface area contributed by atoms with Gasteiger partial charge >= 0.3 is 0 Å². The van der Waals surface area contributed by atoms with E-state index in [2.05, 4.69) is 49.0 Å². The Morgan fingerprint density at radius 3 is 3.00 bits per heavy atom. The fourth-order valence-electron chi connectivity index (χ4n) is 4.49. The molecular weight excluding hydrogens is 408 g/mol. The van der Waals surface area contributed by atoms with Crippen LogP contribution in [0, 0.1) is 5.92 Å². The van der Waals surface area contributed by atoms with E-state index in [1.807, 2.05) is 18.6 Å². The molecule has 1 atom stereocenters. The molecule has 8 nitrogen and oxygen atoms in total. The topological polar surface area (TPSA) is 87.0 Å². The van der Waals surface area contributed by atoms with Crippen molar-refractivity contribution in [3.05, 3.63) is 42.2 Å². The summed E-state index contributed by atoms with van der Waals surface area (Å²) in [5.74, 6) is 2.11. The Kier molecular flexibility index (Phi) is 4.72. The number of aromatic nitrogens is 6. The third-order valence-electron chi connectivity index (χ3n) is 6.23. The van der Waals surface area contributed by atoms with Crippen molar-refractivity contribution in [2.24, 2.45) is 5.92 Å². The fourth-order valence-corrected chi connectivity index (χ4v) is 5.15. The first-order valence-corrected chi connectivity index (χ1v) is 11.8. The minimum absolute atomic E-state index is 0.544. The van der Waals surface area contributed by atoms with E-state index in [0.717, 1.165) is 58.1 Å². The molecule has 0 spiro atoms. The molecule has 31 heavy (non-hydrogen) atoms. The van der Waals surface area contributed by atoms with Crippen LogP contribution in [0.1, 0.15) is 49.9 Å². The normalized spacial score (nSPS) is 19.8. The van der Waals surface area contributed by atoms with Gasteiger partial charge in [-0.25, -0.2) is 9.97 Å². The maximum atomic E-state index is 4.94. The zero-order chi connectivity index (χ0) is 20.8. The number of nitrogens with one attached hydrogen (secondary N) is 2. The number of aromatic amines is 1. The van der Waals surface area contributed by atoms with Crippen molar-refractivity contribution >= 4 is 28.0 Å². The van der Waals surface area contributed by atoms with Gasteiger partial charge in [0.2, 0.25) is 0 Å². The molecule has 1 saturated heterocycles. The predicted molar refractivity (Wildman–Crippen MR) is 122 cm³/mol. The summed E-state index contributed by atoms with van der Waals surface area (Å²) in [5.41, 5.74) is 5.09. The molecule has 0 bridgehead atoms. The lowest BCUT2D eigenvalue weighted by Crippen LogP contribution is -2.33. The Balaban J connectivity index is 1.29. The number of piperidine rings is 1. The molecule has 1 aliphatic heterocycles. The molecule has 1 unspecified atom stereocenters. The van der Waals surface area contributed by atoms with Crippen LogP contribution in [0.3, 0.4) is 0 Å². The minimum atomic E-state index is 0.544. The molecule has 2 aliphatic rings. The summed E-state index contributed by atoms with van der Waals surface area (Å²) >= 11 is 1.50. The average Bonchev–Trinajstić information content (AvgIpc) is 3.13. The van der Waals surface area contributed by atoms with Gasteiger partial charge in [0.15, 0.2) is 11.5 Å². The average molecular weight is 435 g/mol.